The van der Waals surface area contributed by atoms with E-state index in [2.05, 4.69) is 71.9 Å². The summed E-state index contributed by atoms with van der Waals surface area (Å²) in [4.78, 5) is 4.42. The Kier molecular flexibility index (Phi) is 6.06. The SMILES string of the molecule is CC(C)C(CNC1=NCCN1)c1cccc2ccccc12.I. The van der Waals surface area contributed by atoms with Crippen LogP contribution in [0, 0.1) is 5.92 Å². The van der Waals surface area contributed by atoms with Crippen molar-refractivity contribution in [3.8, 4) is 0 Å². The number of rotatable bonds is 4. The Morgan fingerprint density at radius 1 is 1.14 bits per heavy atom. The Bertz CT molecular complexity index is 646. The lowest BCUT2D eigenvalue weighted by molar-refractivity contribution is 0.492. The second-order valence-corrected chi connectivity index (χ2v) is 5.96. The summed E-state index contributed by atoms with van der Waals surface area (Å²) in [5, 5.41) is 9.42. The fourth-order valence-electron chi connectivity index (χ4n) is 3.00. The smallest absolute Gasteiger partial charge is 0.191 e. The fraction of sp³-hybridized carbons (Fsp3) is 0.389. The number of guanidine groups is 1. The number of nitrogens with zero attached hydrogens (tertiary/aromatic N) is 1. The number of aliphatic imine (C=N–C) groups is 1. The molecule has 4 heteroatoms. The van der Waals surface area contributed by atoms with Crippen LogP contribution in [0.3, 0.4) is 0 Å². The molecule has 1 aliphatic rings. The Labute approximate surface area is 149 Å². The molecule has 0 saturated heterocycles. The van der Waals surface area contributed by atoms with Gasteiger partial charge in [-0.3, -0.25) is 4.99 Å². The van der Waals surface area contributed by atoms with Crippen LogP contribution in [-0.2, 0) is 0 Å². The van der Waals surface area contributed by atoms with E-state index in [-0.39, 0.29) is 24.0 Å². The third-order valence-electron chi connectivity index (χ3n) is 4.19. The van der Waals surface area contributed by atoms with E-state index in [9.17, 15) is 0 Å². The van der Waals surface area contributed by atoms with Gasteiger partial charge >= 0.3 is 0 Å². The molecule has 1 heterocycles. The van der Waals surface area contributed by atoms with Gasteiger partial charge in [-0.05, 0) is 22.3 Å². The topological polar surface area (TPSA) is 36.4 Å². The first kappa shape index (κ1) is 17.1. The van der Waals surface area contributed by atoms with E-state index in [4.69, 9.17) is 0 Å². The molecule has 1 unspecified atom stereocenters. The maximum absolute atomic E-state index is 4.42. The first-order chi connectivity index (χ1) is 10.3. The number of hydrogen-bond acceptors (Lipinski definition) is 3. The highest BCUT2D eigenvalue weighted by molar-refractivity contribution is 14.0. The molecule has 0 amide bonds. The molecule has 22 heavy (non-hydrogen) atoms. The molecule has 118 valence electrons. The van der Waals surface area contributed by atoms with E-state index in [1.54, 1.807) is 0 Å². The summed E-state index contributed by atoms with van der Waals surface area (Å²) in [6, 6.07) is 15.3. The van der Waals surface area contributed by atoms with Gasteiger partial charge in [-0.25, -0.2) is 0 Å². The zero-order valence-corrected chi connectivity index (χ0v) is 15.5. The molecule has 1 aliphatic heterocycles. The molecule has 2 N–H and O–H groups in total. The molecule has 0 spiro atoms. The number of halogens is 1. The number of nitrogens with one attached hydrogen (secondary N) is 2. The van der Waals surface area contributed by atoms with Crippen LogP contribution in [0.4, 0.5) is 0 Å². The Hall–Kier alpha value is -1.30. The van der Waals surface area contributed by atoms with Crippen molar-refractivity contribution in [3.63, 3.8) is 0 Å². The van der Waals surface area contributed by atoms with E-state index >= 15 is 0 Å². The molecule has 0 fully saturated rings. The highest BCUT2D eigenvalue weighted by Crippen LogP contribution is 2.30. The van der Waals surface area contributed by atoms with Crippen molar-refractivity contribution >= 4 is 40.7 Å². The van der Waals surface area contributed by atoms with Gasteiger partial charge in [0, 0.05) is 19.0 Å². The lowest BCUT2D eigenvalue weighted by Gasteiger charge is -2.24. The summed E-state index contributed by atoms with van der Waals surface area (Å²) < 4.78 is 0. The molecular formula is C18H24IN3. The summed E-state index contributed by atoms with van der Waals surface area (Å²) in [5.41, 5.74) is 1.43. The van der Waals surface area contributed by atoms with Crippen molar-refractivity contribution in [1.82, 2.24) is 10.6 Å². The molecule has 0 aliphatic carbocycles. The Morgan fingerprint density at radius 2 is 1.91 bits per heavy atom. The summed E-state index contributed by atoms with van der Waals surface area (Å²) in [5.74, 6) is 1.99. The highest BCUT2D eigenvalue weighted by atomic mass is 127. The van der Waals surface area contributed by atoms with E-state index in [0.29, 0.717) is 11.8 Å². The van der Waals surface area contributed by atoms with Gasteiger partial charge in [0.15, 0.2) is 5.96 Å². The average molecular weight is 409 g/mol. The van der Waals surface area contributed by atoms with Gasteiger partial charge < -0.3 is 10.6 Å². The molecule has 2 aromatic rings. The highest BCUT2D eigenvalue weighted by Gasteiger charge is 2.19. The molecule has 1 atom stereocenters. The van der Waals surface area contributed by atoms with Crippen LogP contribution in [0.25, 0.3) is 10.8 Å². The van der Waals surface area contributed by atoms with Crippen LogP contribution >= 0.6 is 24.0 Å². The van der Waals surface area contributed by atoms with Gasteiger partial charge in [0.05, 0.1) is 6.54 Å². The van der Waals surface area contributed by atoms with Crippen molar-refractivity contribution in [3.05, 3.63) is 48.0 Å². The summed E-state index contributed by atoms with van der Waals surface area (Å²) in [6.07, 6.45) is 0. The Balaban J connectivity index is 0.00000176. The average Bonchev–Trinajstić information content (AvgIpc) is 3.01. The molecular weight excluding hydrogens is 385 g/mol. The zero-order valence-electron chi connectivity index (χ0n) is 13.2. The van der Waals surface area contributed by atoms with Crippen LogP contribution in [0.1, 0.15) is 25.3 Å². The van der Waals surface area contributed by atoms with Gasteiger partial charge in [-0.2, -0.15) is 0 Å². The van der Waals surface area contributed by atoms with Crippen LogP contribution in [0.15, 0.2) is 47.5 Å². The van der Waals surface area contributed by atoms with Crippen molar-refractivity contribution in [1.29, 1.82) is 0 Å². The molecule has 0 saturated carbocycles. The van der Waals surface area contributed by atoms with Gasteiger partial charge in [0.1, 0.15) is 0 Å². The van der Waals surface area contributed by atoms with Crippen molar-refractivity contribution in [2.45, 2.75) is 19.8 Å². The standard InChI is InChI=1S/C18H23N3.HI/c1-13(2)17(12-21-18-19-10-11-20-18)16-9-5-7-14-6-3-4-8-15(14)16;/h3-9,13,17H,10-12H2,1-2H3,(H2,19,20,21);1H. The van der Waals surface area contributed by atoms with Gasteiger partial charge in [-0.1, -0.05) is 56.3 Å². The normalized spacial score (nSPS) is 15.1. The Morgan fingerprint density at radius 3 is 2.64 bits per heavy atom. The number of hydrogen-bond donors (Lipinski definition) is 2. The van der Waals surface area contributed by atoms with Crippen molar-refractivity contribution in [2.75, 3.05) is 19.6 Å². The lowest BCUT2D eigenvalue weighted by atomic mass is 9.85. The van der Waals surface area contributed by atoms with Gasteiger partial charge in [-0.15, -0.1) is 24.0 Å². The fourth-order valence-corrected chi connectivity index (χ4v) is 3.00. The quantitative estimate of drug-likeness (QED) is 0.755. The van der Waals surface area contributed by atoms with Gasteiger partial charge in [0.25, 0.3) is 0 Å². The third-order valence-corrected chi connectivity index (χ3v) is 4.19. The predicted octanol–water partition coefficient (Wildman–Crippen LogP) is 3.75. The van der Waals surface area contributed by atoms with E-state index in [0.717, 1.165) is 25.6 Å². The molecule has 0 radical (unpaired) electrons. The predicted molar refractivity (Wildman–Crippen MR) is 105 cm³/mol. The molecule has 3 nitrogen and oxygen atoms in total. The minimum absolute atomic E-state index is 0. The van der Waals surface area contributed by atoms with E-state index < -0.39 is 0 Å². The minimum atomic E-state index is 0. The summed E-state index contributed by atoms with van der Waals surface area (Å²) in [6.45, 7) is 7.32. The third kappa shape index (κ3) is 3.72. The van der Waals surface area contributed by atoms with Crippen LogP contribution < -0.4 is 10.6 Å². The lowest BCUT2D eigenvalue weighted by Crippen LogP contribution is -2.37. The minimum Gasteiger partial charge on any atom is -0.356 e. The molecule has 0 aromatic heterocycles. The number of fused-ring (bicyclic) bond motifs is 1. The molecule has 2 aromatic carbocycles. The van der Waals surface area contributed by atoms with Crippen molar-refractivity contribution in [2.24, 2.45) is 10.9 Å². The monoisotopic (exact) mass is 409 g/mol. The first-order valence-corrected chi connectivity index (χ1v) is 7.75. The maximum atomic E-state index is 4.42. The van der Waals surface area contributed by atoms with E-state index in [1.165, 1.54) is 16.3 Å². The van der Waals surface area contributed by atoms with Crippen molar-refractivity contribution < 1.29 is 0 Å². The van der Waals surface area contributed by atoms with Crippen LogP contribution in [-0.4, -0.2) is 25.6 Å². The first-order valence-electron chi connectivity index (χ1n) is 7.75. The van der Waals surface area contributed by atoms with Gasteiger partial charge in [0.2, 0.25) is 0 Å². The summed E-state index contributed by atoms with van der Waals surface area (Å²) in [7, 11) is 0. The molecule has 3 rings (SSSR count). The molecule has 0 bridgehead atoms. The maximum Gasteiger partial charge on any atom is 0.191 e. The van der Waals surface area contributed by atoms with Crippen LogP contribution in [0.2, 0.25) is 0 Å². The largest absolute Gasteiger partial charge is 0.356 e. The second kappa shape index (κ2) is 7.81. The van der Waals surface area contributed by atoms with E-state index in [1.807, 2.05) is 0 Å². The summed E-state index contributed by atoms with van der Waals surface area (Å²) >= 11 is 0. The zero-order chi connectivity index (χ0) is 14.7. The second-order valence-electron chi connectivity index (χ2n) is 5.96. The number of benzene rings is 2. The van der Waals surface area contributed by atoms with Crippen LogP contribution in [0.5, 0.6) is 0 Å².